The number of likely N-dealkylation sites (tertiary alicyclic amines) is 1. The fraction of sp³-hybridized carbons (Fsp3) is 0.333. The number of nitrogen functional groups attached to an aromatic ring is 1. The van der Waals surface area contributed by atoms with Gasteiger partial charge in [0.25, 0.3) is 0 Å². The molecule has 10 nitrogen and oxygen atoms in total. The number of aryl methyl sites for hydroxylation is 1. The minimum atomic E-state index is -0.0802. The van der Waals surface area contributed by atoms with E-state index in [2.05, 4.69) is 26.7 Å². The second-order valence-corrected chi connectivity index (χ2v) is 8.79. The largest absolute Gasteiger partial charge is 0.383 e. The molecule has 180 valence electrons. The maximum atomic E-state index is 12.2. The SMILES string of the molecule is C=CC(=O)N1CCCC(n2nc(-c3ccc(-c4noc(CCCCl)n4)cc3)c3c(N)ncnc32)C1. The summed E-state index contributed by atoms with van der Waals surface area (Å²) in [6.45, 7) is 4.85. The summed E-state index contributed by atoms with van der Waals surface area (Å²) < 4.78 is 7.19. The molecule has 0 spiro atoms. The van der Waals surface area contributed by atoms with Gasteiger partial charge in [-0.25, -0.2) is 14.6 Å². The third kappa shape index (κ3) is 4.49. The first-order chi connectivity index (χ1) is 17.1. The molecule has 1 aliphatic rings. The van der Waals surface area contributed by atoms with Gasteiger partial charge in [0.15, 0.2) is 5.65 Å². The van der Waals surface area contributed by atoms with Gasteiger partial charge in [-0.3, -0.25) is 4.79 Å². The molecule has 1 fully saturated rings. The predicted molar refractivity (Wildman–Crippen MR) is 133 cm³/mol. The number of aromatic nitrogens is 6. The van der Waals surface area contributed by atoms with E-state index in [1.807, 2.05) is 28.9 Å². The average molecular weight is 493 g/mol. The second-order valence-electron chi connectivity index (χ2n) is 8.42. The molecule has 1 atom stereocenters. The molecular weight excluding hydrogens is 468 g/mol. The number of alkyl halides is 1. The number of hydrogen-bond acceptors (Lipinski definition) is 8. The van der Waals surface area contributed by atoms with Gasteiger partial charge in [0, 0.05) is 36.5 Å². The lowest BCUT2D eigenvalue weighted by molar-refractivity contribution is -0.127. The van der Waals surface area contributed by atoms with Crippen LogP contribution in [-0.4, -0.2) is 59.7 Å². The molecule has 1 saturated heterocycles. The number of anilines is 1. The number of carbonyl (C=O) groups is 1. The van der Waals surface area contributed by atoms with E-state index in [0.29, 0.717) is 59.7 Å². The molecule has 0 saturated carbocycles. The van der Waals surface area contributed by atoms with Gasteiger partial charge in [-0.05, 0) is 25.3 Å². The maximum absolute atomic E-state index is 12.2. The Morgan fingerprint density at radius 1 is 1.26 bits per heavy atom. The first kappa shape index (κ1) is 23.0. The number of nitrogens with zero attached hydrogens (tertiary/aromatic N) is 7. The summed E-state index contributed by atoms with van der Waals surface area (Å²) in [5.74, 6) is 1.91. The monoisotopic (exact) mass is 492 g/mol. The van der Waals surface area contributed by atoms with Crippen molar-refractivity contribution in [2.45, 2.75) is 31.7 Å². The summed E-state index contributed by atoms with van der Waals surface area (Å²) in [6, 6.07) is 7.69. The van der Waals surface area contributed by atoms with Crippen LogP contribution in [0.3, 0.4) is 0 Å². The summed E-state index contributed by atoms with van der Waals surface area (Å²) in [5.41, 5.74) is 9.30. The average Bonchev–Trinajstić information content (AvgIpc) is 3.53. The highest BCUT2D eigenvalue weighted by atomic mass is 35.5. The Morgan fingerprint density at radius 2 is 2.06 bits per heavy atom. The summed E-state index contributed by atoms with van der Waals surface area (Å²) >= 11 is 5.75. The van der Waals surface area contributed by atoms with Crippen LogP contribution >= 0.6 is 11.6 Å². The van der Waals surface area contributed by atoms with Crippen LogP contribution in [0.2, 0.25) is 0 Å². The minimum Gasteiger partial charge on any atom is -0.383 e. The molecule has 1 amide bonds. The van der Waals surface area contributed by atoms with Crippen LogP contribution in [0.25, 0.3) is 33.7 Å². The predicted octanol–water partition coefficient (Wildman–Crippen LogP) is 3.65. The molecule has 4 aromatic rings. The first-order valence-electron chi connectivity index (χ1n) is 11.5. The lowest BCUT2D eigenvalue weighted by atomic mass is 10.1. The summed E-state index contributed by atoms with van der Waals surface area (Å²) in [6.07, 6.45) is 5.96. The summed E-state index contributed by atoms with van der Waals surface area (Å²) in [4.78, 5) is 27.1. The van der Waals surface area contributed by atoms with Crippen molar-refractivity contribution < 1.29 is 9.32 Å². The van der Waals surface area contributed by atoms with Crippen LogP contribution < -0.4 is 5.73 Å². The molecule has 35 heavy (non-hydrogen) atoms. The normalized spacial score (nSPS) is 16.0. The highest BCUT2D eigenvalue weighted by molar-refractivity contribution is 6.17. The molecule has 3 aromatic heterocycles. The number of nitrogens with two attached hydrogens (primary N) is 1. The Morgan fingerprint density at radius 3 is 2.83 bits per heavy atom. The number of benzene rings is 1. The number of hydrogen-bond donors (Lipinski definition) is 1. The molecule has 4 heterocycles. The molecule has 0 bridgehead atoms. The minimum absolute atomic E-state index is 0.0248. The standard InChI is InChI=1S/C24H25ClN8O2/c1-2-19(34)32-12-4-5-17(13-32)33-24-20(22(26)27-14-28-24)21(30-33)15-7-9-16(10-8-15)23-29-18(35-31-23)6-3-11-25/h2,7-10,14,17H,1,3-6,11-13H2,(H2,26,27,28). The summed E-state index contributed by atoms with van der Waals surface area (Å²) in [5, 5.41) is 9.67. The van der Waals surface area contributed by atoms with Crippen molar-refractivity contribution in [3.05, 3.63) is 49.1 Å². The van der Waals surface area contributed by atoms with E-state index in [9.17, 15) is 4.79 Å². The first-order valence-corrected chi connectivity index (χ1v) is 12.0. The highest BCUT2D eigenvalue weighted by Crippen LogP contribution is 2.34. The number of rotatable bonds is 7. The number of halogens is 1. The molecule has 1 aromatic carbocycles. The fourth-order valence-corrected chi connectivity index (χ4v) is 4.54. The van der Waals surface area contributed by atoms with E-state index in [0.717, 1.165) is 30.4 Å². The van der Waals surface area contributed by atoms with Gasteiger partial charge in [-0.15, -0.1) is 11.6 Å². The van der Waals surface area contributed by atoms with Crippen LogP contribution in [0.1, 0.15) is 31.2 Å². The van der Waals surface area contributed by atoms with Gasteiger partial charge in [0.1, 0.15) is 17.8 Å². The molecule has 5 rings (SSSR count). The molecule has 1 aliphatic heterocycles. The Hall–Kier alpha value is -3.79. The topological polar surface area (TPSA) is 129 Å². The Bertz CT molecular complexity index is 1360. The van der Waals surface area contributed by atoms with E-state index in [4.69, 9.17) is 27.0 Å². The van der Waals surface area contributed by atoms with E-state index in [-0.39, 0.29) is 11.9 Å². The maximum Gasteiger partial charge on any atom is 0.246 e. The second kappa shape index (κ2) is 9.83. The number of carbonyl (C=O) groups excluding carboxylic acids is 1. The summed E-state index contributed by atoms with van der Waals surface area (Å²) in [7, 11) is 0. The zero-order valence-electron chi connectivity index (χ0n) is 19.1. The van der Waals surface area contributed by atoms with E-state index in [1.54, 1.807) is 4.90 Å². The van der Waals surface area contributed by atoms with Crippen molar-refractivity contribution in [2.24, 2.45) is 0 Å². The van der Waals surface area contributed by atoms with Gasteiger partial charge in [-0.1, -0.05) is 36.0 Å². The van der Waals surface area contributed by atoms with Crippen molar-refractivity contribution in [3.63, 3.8) is 0 Å². The number of piperidine rings is 1. The molecule has 2 N–H and O–H groups in total. The van der Waals surface area contributed by atoms with Crippen LogP contribution in [0.4, 0.5) is 5.82 Å². The van der Waals surface area contributed by atoms with E-state index >= 15 is 0 Å². The van der Waals surface area contributed by atoms with Crippen molar-refractivity contribution in [3.8, 4) is 22.6 Å². The van der Waals surface area contributed by atoms with E-state index in [1.165, 1.54) is 12.4 Å². The number of amides is 1. The van der Waals surface area contributed by atoms with Crippen molar-refractivity contribution in [1.29, 1.82) is 0 Å². The van der Waals surface area contributed by atoms with Crippen LogP contribution in [0.5, 0.6) is 0 Å². The lowest BCUT2D eigenvalue weighted by Gasteiger charge is -2.32. The molecule has 11 heteroatoms. The van der Waals surface area contributed by atoms with Gasteiger partial charge in [0.05, 0.1) is 11.4 Å². The smallest absolute Gasteiger partial charge is 0.246 e. The third-order valence-corrected chi connectivity index (χ3v) is 6.42. The Balaban J connectivity index is 1.48. The van der Waals surface area contributed by atoms with Crippen LogP contribution in [0, 0.1) is 0 Å². The van der Waals surface area contributed by atoms with E-state index < -0.39 is 0 Å². The molecule has 0 radical (unpaired) electrons. The number of fused-ring (bicyclic) bond motifs is 1. The van der Waals surface area contributed by atoms with Crippen LogP contribution in [-0.2, 0) is 11.2 Å². The zero-order chi connectivity index (χ0) is 24.4. The molecule has 0 aliphatic carbocycles. The fourth-order valence-electron chi connectivity index (χ4n) is 4.40. The Kier molecular flexibility index (Phi) is 6.45. The van der Waals surface area contributed by atoms with Gasteiger partial charge in [0.2, 0.25) is 17.6 Å². The van der Waals surface area contributed by atoms with Gasteiger partial charge < -0.3 is 15.2 Å². The van der Waals surface area contributed by atoms with Crippen molar-refractivity contribution >= 4 is 34.4 Å². The lowest BCUT2D eigenvalue weighted by Crippen LogP contribution is -2.40. The Labute approximate surface area is 206 Å². The van der Waals surface area contributed by atoms with Crippen molar-refractivity contribution in [2.75, 3.05) is 24.7 Å². The quantitative estimate of drug-likeness (QED) is 0.305. The zero-order valence-corrected chi connectivity index (χ0v) is 19.9. The highest BCUT2D eigenvalue weighted by Gasteiger charge is 2.28. The van der Waals surface area contributed by atoms with Gasteiger partial charge >= 0.3 is 0 Å². The van der Waals surface area contributed by atoms with Gasteiger partial charge in [-0.2, -0.15) is 10.1 Å². The van der Waals surface area contributed by atoms with Crippen molar-refractivity contribution in [1.82, 2.24) is 34.8 Å². The third-order valence-electron chi connectivity index (χ3n) is 6.16. The molecule has 1 unspecified atom stereocenters. The molecular formula is C24H25ClN8O2. The van der Waals surface area contributed by atoms with Crippen LogP contribution in [0.15, 0.2) is 47.8 Å².